The monoisotopic (exact) mass is 179 g/mol. The van der Waals surface area contributed by atoms with Crippen LogP contribution in [0.5, 0.6) is 0 Å². The molecule has 62 valence electrons. The van der Waals surface area contributed by atoms with E-state index in [1.165, 1.54) is 6.20 Å². The van der Waals surface area contributed by atoms with Gasteiger partial charge in [0.25, 0.3) is 0 Å². The lowest BCUT2D eigenvalue weighted by Gasteiger charge is -1.92. The van der Waals surface area contributed by atoms with Crippen molar-refractivity contribution >= 4 is 25.0 Å². The summed E-state index contributed by atoms with van der Waals surface area (Å²) in [6.07, 6.45) is 7.80. The van der Waals surface area contributed by atoms with Gasteiger partial charge >= 0.3 is 0 Å². The minimum absolute atomic E-state index is 0.594. The minimum atomic E-state index is 0.594. The van der Waals surface area contributed by atoms with Crippen molar-refractivity contribution in [2.24, 2.45) is 0 Å². The van der Waals surface area contributed by atoms with Crippen molar-refractivity contribution in [3.8, 4) is 0 Å². The van der Waals surface area contributed by atoms with Crippen molar-refractivity contribution in [2.45, 2.75) is 0 Å². The average molecular weight is 179 g/mol. The number of nitrogens with zero attached hydrogens (tertiary/aromatic N) is 1. The summed E-state index contributed by atoms with van der Waals surface area (Å²) in [6.45, 7) is 0. The molecule has 1 aromatic rings. The number of aldehydes is 1. The second-order valence-corrected chi connectivity index (χ2v) is 2.62. The second-order valence-electron chi connectivity index (χ2n) is 2.25. The third-order valence-corrected chi connectivity index (χ3v) is 1.54. The molecule has 2 nitrogen and oxygen atoms in total. The van der Waals surface area contributed by atoms with Crippen molar-refractivity contribution in [2.75, 3.05) is 5.75 Å². The molecule has 0 saturated carbocycles. The molecule has 0 saturated heterocycles. The fourth-order valence-electron chi connectivity index (χ4n) is 0.821. The highest BCUT2D eigenvalue weighted by Gasteiger charge is 1.90. The molecule has 0 aliphatic heterocycles. The molecular formula is C9H9NOS. The highest BCUT2D eigenvalue weighted by molar-refractivity contribution is 7.80. The SMILES string of the molecule is O=Cc1cncc(C=CCS)c1. The van der Waals surface area contributed by atoms with Gasteiger partial charge < -0.3 is 0 Å². The second kappa shape index (κ2) is 4.72. The summed E-state index contributed by atoms with van der Waals surface area (Å²) < 4.78 is 0. The van der Waals surface area contributed by atoms with Crippen LogP contribution < -0.4 is 0 Å². The Morgan fingerprint density at radius 3 is 2.83 bits per heavy atom. The van der Waals surface area contributed by atoms with Crippen molar-refractivity contribution in [1.82, 2.24) is 4.98 Å². The van der Waals surface area contributed by atoms with E-state index < -0.39 is 0 Å². The first-order valence-electron chi connectivity index (χ1n) is 3.54. The van der Waals surface area contributed by atoms with E-state index in [9.17, 15) is 4.79 Å². The van der Waals surface area contributed by atoms with Gasteiger partial charge in [0, 0.05) is 23.7 Å². The molecule has 0 fully saturated rings. The van der Waals surface area contributed by atoms with Gasteiger partial charge in [-0.2, -0.15) is 12.6 Å². The van der Waals surface area contributed by atoms with Crippen LogP contribution in [0.2, 0.25) is 0 Å². The summed E-state index contributed by atoms with van der Waals surface area (Å²) in [5.74, 6) is 0.686. The predicted octanol–water partition coefficient (Wildman–Crippen LogP) is 1.84. The lowest BCUT2D eigenvalue weighted by Crippen LogP contribution is -1.83. The van der Waals surface area contributed by atoms with Crippen LogP contribution in [0.15, 0.2) is 24.5 Å². The molecule has 1 aromatic heterocycles. The molecule has 0 aromatic carbocycles. The number of hydrogen-bond donors (Lipinski definition) is 1. The topological polar surface area (TPSA) is 30.0 Å². The van der Waals surface area contributed by atoms with Gasteiger partial charge in [0.05, 0.1) is 0 Å². The van der Waals surface area contributed by atoms with Gasteiger partial charge in [0.15, 0.2) is 6.29 Å². The first-order valence-corrected chi connectivity index (χ1v) is 4.17. The summed E-state index contributed by atoms with van der Waals surface area (Å²) in [5, 5.41) is 0. The van der Waals surface area contributed by atoms with Gasteiger partial charge in [-0.05, 0) is 11.6 Å². The predicted molar refractivity (Wildman–Crippen MR) is 52.5 cm³/mol. The zero-order chi connectivity index (χ0) is 8.81. The molecular weight excluding hydrogens is 170 g/mol. The van der Waals surface area contributed by atoms with Gasteiger partial charge in [-0.25, -0.2) is 0 Å². The fraction of sp³-hybridized carbons (Fsp3) is 0.111. The van der Waals surface area contributed by atoms with Crippen molar-refractivity contribution < 1.29 is 4.79 Å². The van der Waals surface area contributed by atoms with Crippen LogP contribution in [0.3, 0.4) is 0 Å². The maximum atomic E-state index is 10.4. The van der Waals surface area contributed by atoms with Gasteiger partial charge in [-0.3, -0.25) is 9.78 Å². The number of carbonyl (C=O) groups excluding carboxylic acids is 1. The number of aromatic nitrogens is 1. The number of rotatable bonds is 3. The maximum Gasteiger partial charge on any atom is 0.151 e. The molecule has 0 radical (unpaired) electrons. The van der Waals surface area contributed by atoms with Gasteiger partial charge in [-0.1, -0.05) is 12.2 Å². The Labute approximate surface area is 76.7 Å². The molecule has 0 amide bonds. The molecule has 0 N–H and O–H groups in total. The minimum Gasteiger partial charge on any atom is -0.298 e. The van der Waals surface area contributed by atoms with Crippen LogP contribution in [0.1, 0.15) is 15.9 Å². The Balaban J connectivity index is 2.86. The summed E-state index contributed by atoms with van der Waals surface area (Å²) in [4.78, 5) is 14.3. The highest BCUT2D eigenvalue weighted by Crippen LogP contribution is 2.02. The third kappa shape index (κ3) is 2.51. The van der Waals surface area contributed by atoms with Gasteiger partial charge in [0.1, 0.15) is 0 Å². The number of carbonyl (C=O) groups is 1. The van der Waals surface area contributed by atoms with E-state index in [0.29, 0.717) is 11.3 Å². The number of hydrogen-bond acceptors (Lipinski definition) is 3. The van der Waals surface area contributed by atoms with E-state index in [1.54, 1.807) is 12.3 Å². The largest absolute Gasteiger partial charge is 0.298 e. The Hall–Kier alpha value is -1.09. The number of thiol groups is 1. The zero-order valence-electron chi connectivity index (χ0n) is 6.47. The molecule has 3 heteroatoms. The van der Waals surface area contributed by atoms with Gasteiger partial charge in [0.2, 0.25) is 0 Å². The van der Waals surface area contributed by atoms with Crippen LogP contribution >= 0.6 is 12.6 Å². The highest BCUT2D eigenvalue weighted by atomic mass is 32.1. The Bertz CT molecular complexity index is 296. The van der Waals surface area contributed by atoms with E-state index in [2.05, 4.69) is 17.6 Å². The smallest absolute Gasteiger partial charge is 0.151 e. The van der Waals surface area contributed by atoms with E-state index in [4.69, 9.17) is 0 Å². The van der Waals surface area contributed by atoms with E-state index in [1.807, 2.05) is 12.2 Å². The molecule has 0 unspecified atom stereocenters. The first-order chi connectivity index (χ1) is 5.86. The molecule has 0 spiro atoms. The van der Waals surface area contributed by atoms with E-state index >= 15 is 0 Å². The quantitative estimate of drug-likeness (QED) is 0.566. The summed E-state index contributed by atoms with van der Waals surface area (Å²) >= 11 is 4.02. The van der Waals surface area contributed by atoms with Crippen molar-refractivity contribution in [1.29, 1.82) is 0 Å². The molecule has 1 heterocycles. The maximum absolute atomic E-state index is 10.4. The Morgan fingerprint density at radius 2 is 2.17 bits per heavy atom. The van der Waals surface area contributed by atoms with Crippen LogP contribution in [0, 0.1) is 0 Å². The number of pyridine rings is 1. The molecule has 0 atom stereocenters. The van der Waals surface area contributed by atoms with Crippen LogP contribution in [-0.4, -0.2) is 17.0 Å². The van der Waals surface area contributed by atoms with Crippen LogP contribution in [0.4, 0.5) is 0 Å². The summed E-state index contributed by atoms with van der Waals surface area (Å²) in [7, 11) is 0. The lowest BCUT2D eigenvalue weighted by molar-refractivity contribution is 0.112. The molecule has 0 bridgehead atoms. The molecule has 0 aliphatic rings. The molecule has 0 aliphatic carbocycles. The average Bonchev–Trinajstić information content (AvgIpc) is 2.15. The van der Waals surface area contributed by atoms with Crippen molar-refractivity contribution in [3.05, 3.63) is 35.7 Å². The Morgan fingerprint density at radius 1 is 1.42 bits per heavy atom. The van der Waals surface area contributed by atoms with Gasteiger partial charge in [-0.15, -0.1) is 0 Å². The van der Waals surface area contributed by atoms with Crippen LogP contribution in [-0.2, 0) is 0 Å². The summed E-state index contributed by atoms with van der Waals surface area (Å²) in [5.41, 5.74) is 1.52. The normalized spacial score (nSPS) is 10.4. The third-order valence-electron chi connectivity index (χ3n) is 1.33. The summed E-state index contributed by atoms with van der Waals surface area (Å²) in [6, 6.07) is 1.78. The van der Waals surface area contributed by atoms with E-state index in [0.717, 1.165) is 11.8 Å². The Kier molecular flexibility index (Phi) is 3.54. The van der Waals surface area contributed by atoms with Crippen molar-refractivity contribution in [3.63, 3.8) is 0 Å². The zero-order valence-corrected chi connectivity index (χ0v) is 7.37. The fourth-order valence-corrected chi connectivity index (χ4v) is 0.926. The lowest BCUT2D eigenvalue weighted by atomic mass is 10.2. The molecule has 1 rings (SSSR count). The molecule has 12 heavy (non-hydrogen) atoms. The van der Waals surface area contributed by atoms with E-state index in [-0.39, 0.29) is 0 Å². The standard InChI is InChI=1S/C9H9NOS/c11-7-9-4-8(2-1-3-12)5-10-6-9/h1-2,4-7,12H,3H2. The van der Waals surface area contributed by atoms with Crippen LogP contribution in [0.25, 0.3) is 6.08 Å². The first kappa shape index (κ1) is 9.00.